The summed E-state index contributed by atoms with van der Waals surface area (Å²) in [5, 5.41) is 17.8. The van der Waals surface area contributed by atoms with Gasteiger partial charge in [0.1, 0.15) is 0 Å². The number of nitro groups is 1. The number of non-ortho nitro benzene ring substituents is 1. The number of amides is 1. The van der Waals surface area contributed by atoms with Crippen molar-refractivity contribution in [2.75, 3.05) is 5.32 Å². The number of hydrogen-bond acceptors (Lipinski definition) is 5. The molecule has 0 spiro atoms. The van der Waals surface area contributed by atoms with Crippen LogP contribution in [0.5, 0.6) is 0 Å². The lowest BCUT2D eigenvalue weighted by Gasteiger charge is -2.05. The second kappa shape index (κ2) is 6.91. The van der Waals surface area contributed by atoms with Crippen molar-refractivity contribution in [2.45, 2.75) is 13.5 Å². The Kier molecular flexibility index (Phi) is 4.51. The van der Waals surface area contributed by atoms with Crippen LogP contribution in [0.15, 0.2) is 55.0 Å². The third-order valence-corrected chi connectivity index (χ3v) is 3.64. The Morgan fingerprint density at radius 3 is 2.68 bits per heavy atom. The van der Waals surface area contributed by atoms with Crippen LogP contribution in [0.2, 0.25) is 0 Å². The molecule has 126 valence electrons. The Morgan fingerprint density at radius 1 is 1.24 bits per heavy atom. The lowest BCUT2D eigenvalue weighted by Crippen LogP contribution is -2.14. The number of carbonyl (C=O) groups excluding carboxylic acids is 1. The summed E-state index contributed by atoms with van der Waals surface area (Å²) in [5.74, 6) is 0.0540. The molecule has 25 heavy (non-hydrogen) atoms. The monoisotopic (exact) mass is 337 g/mol. The van der Waals surface area contributed by atoms with Gasteiger partial charge in [-0.2, -0.15) is 5.10 Å². The zero-order valence-corrected chi connectivity index (χ0v) is 13.4. The van der Waals surface area contributed by atoms with Crippen molar-refractivity contribution in [1.82, 2.24) is 14.8 Å². The van der Waals surface area contributed by atoms with Gasteiger partial charge in [-0.3, -0.25) is 24.6 Å². The van der Waals surface area contributed by atoms with Crippen molar-refractivity contribution in [3.8, 4) is 0 Å². The van der Waals surface area contributed by atoms with Gasteiger partial charge in [0.2, 0.25) is 0 Å². The number of aromatic nitrogens is 3. The molecule has 0 saturated heterocycles. The highest BCUT2D eigenvalue weighted by Crippen LogP contribution is 2.18. The second-order valence-electron chi connectivity index (χ2n) is 5.46. The molecule has 0 aliphatic heterocycles. The summed E-state index contributed by atoms with van der Waals surface area (Å²) in [4.78, 5) is 26.6. The van der Waals surface area contributed by atoms with Crippen LogP contribution in [0.3, 0.4) is 0 Å². The molecule has 0 unspecified atom stereocenters. The molecule has 2 aromatic heterocycles. The fourth-order valence-electron chi connectivity index (χ4n) is 2.39. The zero-order chi connectivity index (χ0) is 17.8. The predicted octanol–water partition coefficient (Wildman–Crippen LogP) is 2.80. The van der Waals surface area contributed by atoms with Gasteiger partial charge in [0.05, 0.1) is 11.5 Å². The van der Waals surface area contributed by atoms with Gasteiger partial charge in [0.15, 0.2) is 5.82 Å². The lowest BCUT2D eigenvalue weighted by atomic mass is 10.1. The summed E-state index contributed by atoms with van der Waals surface area (Å²) in [6.45, 7) is 2.22. The first kappa shape index (κ1) is 16.3. The molecule has 0 fully saturated rings. The van der Waals surface area contributed by atoms with Crippen LogP contribution in [-0.4, -0.2) is 25.6 Å². The molecule has 0 saturated carbocycles. The summed E-state index contributed by atoms with van der Waals surface area (Å²) in [6.07, 6.45) is 5.18. The highest BCUT2D eigenvalue weighted by atomic mass is 16.6. The summed E-state index contributed by atoms with van der Waals surface area (Å²) in [6, 6.07) is 9.60. The highest BCUT2D eigenvalue weighted by molar-refractivity contribution is 6.04. The number of aryl methyl sites for hydroxylation is 1. The Bertz CT molecular complexity index is 921. The van der Waals surface area contributed by atoms with Gasteiger partial charge in [-0.25, -0.2) is 0 Å². The molecule has 0 atom stereocenters. The second-order valence-corrected chi connectivity index (χ2v) is 5.46. The maximum Gasteiger partial charge on any atom is 0.269 e. The lowest BCUT2D eigenvalue weighted by molar-refractivity contribution is -0.384. The van der Waals surface area contributed by atoms with Gasteiger partial charge in [-0.05, 0) is 36.2 Å². The van der Waals surface area contributed by atoms with Gasteiger partial charge < -0.3 is 5.32 Å². The van der Waals surface area contributed by atoms with E-state index >= 15 is 0 Å². The minimum atomic E-state index is -0.491. The molecule has 0 aliphatic rings. The number of carbonyl (C=O) groups is 1. The quantitative estimate of drug-likeness (QED) is 0.569. The van der Waals surface area contributed by atoms with Crippen molar-refractivity contribution in [2.24, 2.45) is 0 Å². The molecule has 1 aromatic carbocycles. The average Bonchev–Trinajstić information content (AvgIpc) is 3.02. The first-order valence-electron chi connectivity index (χ1n) is 7.51. The van der Waals surface area contributed by atoms with Crippen molar-refractivity contribution >= 4 is 17.4 Å². The standard InChI is InChI=1S/C17H15N5O3/c1-12-10-14(22(24)25)2-3-15(12)17(23)19-16-6-9-21(20-16)11-13-4-7-18-8-5-13/h2-10H,11H2,1H3,(H,19,20,23). The summed E-state index contributed by atoms with van der Waals surface area (Å²) in [5.41, 5.74) is 1.90. The van der Waals surface area contributed by atoms with Gasteiger partial charge >= 0.3 is 0 Å². The molecule has 2 heterocycles. The first-order valence-corrected chi connectivity index (χ1v) is 7.51. The summed E-state index contributed by atoms with van der Waals surface area (Å²) in [7, 11) is 0. The highest BCUT2D eigenvalue weighted by Gasteiger charge is 2.14. The van der Waals surface area contributed by atoms with Gasteiger partial charge in [-0.1, -0.05) is 0 Å². The number of pyridine rings is 1. The number of nitrogens with one attached hydrogen (secondary N) is 1. The van der Waals surface area contributed by atoms with E-state index in [1.165, 1.54) is 18.2 Å². The van der Waals surface area contributed by atoms with Crippen LogP contribution in [0, 0.1) is 17.0 Å². The zero-order valence-electron chi connectivity index (χ0n) is 13.4. The molecule has 3 rings (SSSR count). The van der Waals surface area contributed by atoms with Crippen molar-refractivity contribution in [3.63, 3.8) is 0 Å². The fourth-order valence-corrected chi connectivity index (χ4v) is 2.39. The van der Waals surface area contributed by atoms with E-state index in [-0.39, 0.29) is 11.6 Å². The van der Waals surface area contributed by atoms with Crippen molar-refractivity contribution in [1.29, 1.82) is 0 Å². The third-order valence-electron chi connectivity index (χ3n) is 3.64. The van der Waals surface area contributed by atoms with Crippen LogP contribution in [0.25, 0.3) is 0 Å². The molecule has 0 bridgehead atoms. The van der Waals surface area contributed by atoms with Gasteiger partial charge in [0, 0.05) is 42.4 Å². The van der Waals surface area contributed by atoms with E-state index < -0.39 is 4.92 Å². The van der Waals surface area contributed by atoms with E-state index in [9.17, 15) is 14.9 Å². The number of rotatable bonds is 5. The third kappa shape index (κ3) is 3.86. The van der Waals surface area contributed by atoms with Crippen LogP contribution in [0.1, 0.15) is 21.5 Å². The van der Waals surface area contributed by atoms with E-state index in [4.69, 9.17) is 0 Å². The Hall–Kier alpha value is -3.55. The fraction of sp³-hybridized carbons (Fsp3) is 0.118. The Labute approximate surface area is 143 Å². The smallest absolute Gasteiger partial charge is 0.269 e. The number of nitrogens with zero attached hydrogens (tertiary/aromatic N) is 4. The summed E-state index contributed by atoms with van der Waals surface area (Å²) >= 11 is 0. The van der Waals surface area contributed by atoms with E-state index in [1.54, 1.807) is 36.3 Å². The Morgan fingerprint density at radius 2 is 2.00 bits per heavy atom. The molecular formula is C17H15N5O3. The maximum absolute atomic E-state index is 12.3. The van der Waals surface area contributed by atoms with Crippen LogP contribution >= 0.6 is 0 Å². The van der Waals surface area contributed by atoms with E-state index in [1.807, 2.05) is 12.1 Å². The van der Waals surface area contributed by atoms with Gasteiger partial charge in [-0.15, -0.1) is 0 Å². The topological polar surface area (TPSA) is 103 Å². The van der Waals surface area contributed by atoms with Crippen LogP contribution < -0.4 is 5.32 Å². The van der Waals surface area contributed by atoms with Gasteiger partial charge in [0.25, 0.3) is 11.6 Å². The molecular weight excluding hydrogens is 322 g/mol. The normalized spacial score (nSPS) is 10.4. The number of nitro benzene ring substituents is 1. The first-order chi connectivity index (χ1) is 12.0. The number of hydrogen-bond donors (Lipinski definition) is 1. The minimum absolute atomic E-state index is 0.0457. The molecule has 8 nitrogen and oxygen atoms in total. The van der Waals surface area contributed by atoms with Crippen LogP contribution in [-0.2, 0) is 6.54 Å². The molecule has 0 aliphatic carbocycles. The number of benzene rings is 1. The van der Waals surface area contributed by atoms with Crippen LogP contribution in [0.4, 0.5) is 11.5 Å². The SMILES string of the molecule is Cc1cc([N+](=O)[O-])ccc1C(=O)Nc1ccn(Cc2ccncc2)n1. The maximum atomic E-state index is 12.3. The van der Waals surface area contributed by atoms with E-state index in [2.05, 4.69) is 15.4 Å². The van der Waals surface area contributed by atoms with Crippen molar-refractivity contribution < 1.29 is 9.72 Å². The van der Waals surface area contributed by atoms with E-state index in [0.29, 0.717) is 23.5 Å². The molecule has 0 radical (unpaired) electrons. The molecule has 1 amide bonds. The number of anilines is 1. The predicted molar refractivity (Wildman–Crippen MR) is 91.4 cm³/mol. The molecule has 1 N–H and O–H groups in total. The Balaban J connectivity index is 1.70. The largest absolute Gasteiger partial charge is 0.305 e. The molecule has 8 heteroatoms. The minimum Gasteiger partial charge on any atom is -0.305 e. The van der Waals surface area contributed by atoms with E-state index in [0.717, 1.165) is 5.56 Å². The summed E-state index contributed by atoms with van der Waals surface area (Å²) < 4.78 is 1.70. The molecule has 3 aromatic rings. The average molecular weight is 337 g/mol. The van der Waals surface area contributed by atoms with Crippen molar-refractivity contribution in [3.05, 3.63) is 81.8 Å².